The van der Waals surface area contributed by atoms with Crippen molar-refractivity contribution in [2.75, 3.05) is 27.2 Å². The van der Waals surface area contributed by atoms with E-state index in [9.17, 15) is 14.3 Å². The summed E-state index contributed by atoms with van der Waals surface area (Å²) in [4.78, 5) is 21.0. The van der Waals surface area contributed by atoms with E-state index in [0.29, 0.717) is 41.6 Å². The number of hydrogen-bond donors (Lipinski definition) is 1. The van der Waals surface area contributed by atoms with Gasteiger partial charge in [-0.05, 0) is 56.8 Å². The van der Waals surface area contributed by atoms with E-state index >= 15 is 0 Å². The second-order valence-corrected chi connectivity index (χ2v) is 8.07. The third kappa shape index (κ3) is 3.69. The minimum atomic E-state index is -0.628. The van der Waals surface area contributed by atoms with Crippen molar-refractivity contribution in [3.8, 4) is 28.9 Å². The van der Waals surface area contributed by atoms with Gasteiger partial charge in [0.05, 0.1) is 22.9 Å². The maximum atomic E-state index is 14.3. The molecular formula is C23H23FN6O2. The summed E-state index contributed by atoms with van der Waals surface area (Å²) in [6.07, 6.45) is 3.81. The van der Waals surface area contributed by atoms with Gasteiger partial charge in [0.2, 0.25) is 5.88 Å². The molecule has 0 saturated carbocycles. The number of carbonyl (C=O) groups excluding carboxylic acids is 1. The van der Waals surface area contributed by atoms with Crippen LogP contribution >= 0.6 is 0 Å². The van der Waals surface area contributed by atoms with Crippen molar-refractivity contribution in [1.82, 2.24) is 24.6 Å². The van der Waals surface area contributed by atoms with Gasteiger partial charge in [0.15, 0.2) is 5.82 Å². The molecule has 3 aromatic rings. The van der Waals surface area contributed by atoms with Gasteiger partial charge in [-0.25, -0.2) is 9.37 Å². The predicted octanol–water partition coefficient (Wildman–Crippen LogP) is 2.74. The van der Waals surface area contributed by atoms with Crippen LogP contribution in [-0.2, 0) is 0 Å². The Hall–Kier alpha value is -3.77. The molecule has 2 aromatic heterocycles. The van der Waals surface area contributed by atoms with E-state index in [-0.39, 0.29) is 22.9 Å². The summed E-state index contributed by atoms with van der Waals surface area (Å²) in [5.74, 6) is -0.596. The molecule has 1 N–H and O–H groups in total. The SMILES string of the molecule is Cc1c(-c2cnn(-c3ccc(C(=O)N4CC[C@@H](N(C)C)C4)cn3)c2O)ccc(C#N)c1F. The zero-order chi connectivity index (χ0) is 23.0. The fourth-order valence-electron chi connectivity index (χ4n) is 3.93. The Morgan fingerprint density at radius 3 is 2.66 bits per heavy atom. The number of pyridine rings is 1. The molecule has 1 amide bonds. The molecule has 1 aromatic carbocycles. The number of aromatic nitrogens is 3. The second kappa shape index (κ2) is 8.40. The van der Waals surface area contributed by atoms with Crippen molar-refractivity contribution in [2.24, 2.45) is 0 Å². The lowest BCUT2D eigenvalue weighted by Crippen LogP contribution is -2.34. The standard InChI is InChI=1S/C23H23FN6O2/c1-14-18(6-4-15(10-25)21(14)24)19-12-27-30(23(19)32)20-7-5-16(11-26-20)22(31)29-9-8-17(13-29)28(2)3/h4-7,11-12,17,32H,8-9,13H2,1-3H3/t17-/m1/s1. The van der Waals surface area contributed by atoms with Crippen molar-refractivity contribution in [3.05, 3.63) is 59.2 Å². The summed E-state index contributed by atoms with van der Waals surface area (Å²) >= 11 is 0. The van der Waals surface area contributed by atoms with Crippen LogP contribution in [0.2, 0.25) is 0 Å². The number of nitriles is 1. The van der Waals surface area contributed by atoms with Crippen molar-refractivity contribution in [1.29, 1.82) is 5.26 Å². The third-order valence-electron chi connectivity index (χ3n) is 5.93. The first kappa shape index (κ1) is 21.5. The number of benzene rings is 1. The molecule has 0 unspecified atom stereocenters. The van der Waals surface area contributed by atoms with Crippen LogP contribution < -0.4 is 0 Å². The minimum Gasteiger partial charge on any atom is -0.493 e. The molecule has 4 rings (SSSR count). The molecule has 1 aliphatic rings. The highest BCUT2D eigenvalue weighted by molar-refractivity contribution is 5.94. The Morgan fingerprint density at radius 2 is 2.03 bits per heavy atom. The Labute approximate surface area is 185 Å². The Bertz CT molecular complexity index is 1210. The second-order valence-electron chi connectivity index (χ2n) is 8.07. The van der Waals surface area contributed by atoms with Crippen molar-refractivity contribution < 1.29 is 14.3 Å². The number of carbonyl (C=O) groups is 1. The maximum Gasteiger partial charge on any atom is 0.255 e. The molecule has 1 aliphatic heterocycles. The van der Waals surface area contributed by atoms with Crippen molar-refractivity contribution >= 4 is 5.91 Å². The quantitative estimate of drug-likeness (QED) is 0.678. The first-order valence-electron chi connectivity index (χ1n) is 10.2. The zero-order valence-electron chi connectivity index (χ0n) is 18.1. The van der Waals surface area contributed by atoms with E-state index in [1.54, 1.807) is 31.2 Å². The number of nitrogens with zero attached hydrogens (tertiary/aromatic N) is 6. The molecule has 0 spiro atoms. The molecule has 8 nitrogen and oxygen atoms in total. The zero-order valence-corrected chi connectivity index (χ0v) is 18.1. The number of rotatable bonds is 4. The van der Waals surface area contributed by atoms with Gasteiger partial charge in [-0.2, -0.15) is 15.0 Å². The fraction of sp³-hybridized carbons (Fsp3) is 0.304. The highest BCUT2D eigenvalue weighted by atomic mass is 19.1. The smallest absolute Gasteiger partial charge is 0.255 e. The number of halogens is 1. The summed E-state index contributed by atoms with van der Waals surface area (Å²) in [7, 11) is 4.02. The number of amides is 1. The lowest BCUT2D eigenvalue weighted by atomic mass is 10.00. The normalized spacial score (nSPS) is 15.9. The van der Waals surface area contributed by atoms with E-state index in [4.69, 9.17) is 5.26 Å². The summed E-state index contributed by atoms with van der Waals surface area (Å²) in [5.41, 5.74) is 1.40. The molecule has 1 saturated heterocycles. The summed E-state index contributed by atoms with van der Waals surface area (Å²) in [6, 6.07) is 8.35. The molecule has 32 heavy (non-hydrogen) atoms. The van der Waals surface area contributed by atoms with Crippen molar-refractivity contribution in [2.45, 2.75) is 19.4 Å². The average molecular weight is 434 g/mol. The summed E-state index contributed by atoms with van der Waals surface area (Å²) in [6.45, 7) is 2.92. The molecule has 0 bridgehead atoms. The van der Waals surface area contributed by atoms with Gasteiger partial charge in [0.1, 0.15) is 11.9 Å². The van der Waals surface area contributed by atoms with Gasteiger partial charge in [-0.15, -0.1) is 0 Å². The van der Waals surface area contributed by atoms with Crippen LogP contribution in [0.5, 0.6) is 5.88 Å². The van der Waals surface area contributed by atoms with E-state index in [2.05, 4.69) is 15.0 Å². The van der Waals surface area contributed by atoms with Crippen molar-refractivity contribution in [3.63, 3.8) is 0 Å². The molecule has 0 aliphatic carbocycles. The van der Waals surface area contributed by atoms with Crippen LogP contribution in [0.3, 0.4) is 0 Å². The van der Waals surface area contributed by atoms with E-state index in [0.717, 1.165) is 6.42 Å². The number of aromatic hydroxyl groups is 1. The summed E-state index contributed by atoms with van der Waals surface area (Å²) < 4.78 is 15.6. The maximum absolute atomic E-state index is 14.3. The van der Waals surface area contributed by atoms with Crippen LogP contribution in [0.15, 0.2) is 36.7 Å². The minimum absolute atomic E-state index is 0.0602. The highest BCUT2D eigenvalue weighted by Gasteiger charge is 2.28. The van der Waals surface area contributed by atoms with Crippen LogP contribution in [-0.4, -0.2) is 68.8 Å². The van der Waals surface area contributed by atoms with Gasteiger partial charge in [0, 0.05) is 25.3 Å². The number of hydrogen-bond acceptors (Lipinski definition) is 6. The topological polar surface area (TPSA) is 98.3 Å². The number of likely N-dealkylation sites (N-methyl/N-ethyl adjacent to an activating group) is 1. The lowest BCUT2D eigenvalue weighted by molar-refractivity contribution is 0.0782. The van der Waals surface area contributed by atoms with E-state index < -0.39 is 5.82 Å². The molecule has 1 atom stereocenters. The lowest BCUT2D eigenvalue weighted by Gasteiger charge is -2.20. The van der Waals surface area contributed by atoms with Crippen LogP contribution in [0, 0.1) is 24.1 Å². The first-order chi connectivity index (χ1) is 15.3. The van der Waals surface area contributed by atoms with Crippen LogP contribution in [0.25, 0.3) is 16.9 Å². The molecule has 0 radical (unpaired) electrons. The van der Waals surface area contributed by atoms with Gasteiger partial charge in [0.25, 0.3) is 5.91 Å². The van der Waals surface area contributed by atoms with Crippen LogP contribution in [0.1, 0.15) is 27.9 Å². The van der Waals surface area contributed by atoms with E-state index in [1.165, 1.54) is 23.1 Å². The monoisotopic (exact) mass is 434 g/mol. The molecule has 9 heteroatoms. The van der Waals surface area contributed by atoms with Gasteiger partial charge < -0.3 is 14.9 Å². The molecule has 164 valence electrons. The van der Waals surface area contributed by atoms with Crippen LogP contribution in [0.4, 0.5) is 4.39 Å². The third-order valence-corrected chi connectivity index (χ3v) is 5.93. The fourth-order valence-corrected chi connectivity index (χ4v) is 3.93. The Kier molecular flexibility index (Phi) is 5.63. The Balaban J connectivity index is 1.58. The first-order valence-corrected chi connectivity index (χ1v) is 10.2. The number of likely N-dealkylation sites (tertiary alicyclic amines) is 1. The van der Waals surface area contributed by atoms with E-state index in [1.807, 2.05) is 19.0 Å². The highest BCUT2D eigenvalue weighted by Crippen LogP contribution is 2.34. The van der Waals surface area contributed by atoms with Gasteiger partial charge >= 0.3 is 0 Å². The molecule has 1 fully saturated rings. The summed E-state index contributed by atoms with van der Waals surface area (Å²) in [5, 5.41) is 23.9. The average Bonchev–Trinajstić information content (AvgIpc) is 3.43. The van der Waals surface area contributed by atoms with Gasteiger partial charge in [-0.3, -0.25) is 4.79 Å². The largest absolute Gasteiger partial charge is 0.493 e. The Morgan fingerprint density at radius 1 is 1.25 bits per heavy atom. The van der Waals surface area contributed by atoms with Gasteiger partial charge in [-0.1, -0.05) is 6.07 Å². The molecule has 3 heterocycles. The predicted molar refractivity (Wildman–Crippen MR) is 116 cm³/mol. The molecular weight excluding hydrogens is 411 g/mol.